The molecule has 0 unspecified atom stereocenters. The SMILES string of the molecule is CN1CCc2c(sc(NC(=O)c3ccc(F)cc3)c2C(N)=O)C1.Cl. The van der Waals surface area contributed by atoms with Gasteiger partial charge in [0.2, 0.25) is 0 Å². The molecule has 0 bridgehead atoms. The molecule has 0 aliphatic carbocycles. The van der Waals surface area contributed by atoms with Crippen LogP contribution in [0.1, 0.15) is 31.2 Å². The Balaban J connectivity index is 0.00000208. The zero-order valence-electron chi connectivity index (χ0n) is 13.0. The molecule has 0 saturated carbocycles. The van der Waals surface area contributed by atoms with Crippen LogP contribution >= 0.6 is 23.7 Å². The molecule has 1 aromatic carbocycles. The average molecular weight is 370 g/mol. The molecule has 3 N–H and O–H groups in total. The van der Waals surface area contributed by atoms with E-state index in [1.54, 1.807) is 0 Å². The lowest BCUT2D eigenvalue weighted by Crippen LogP contribution is -2.27. The molecule has 1 aromatic heterocycles. The number of nitrogens with zero attached hydrogens (tertiary/aromatic N) is 1. The quantitative estimate of drug-likeness (QED) is 0.873. The van der Waals surface area contributed by atoms with Crippen LogP contribution in [0.25, 0.3) is 0 Å². The summed E-state index contributed by atoms with van der Waals surface area (Å²) in [7, 11) is 2.00. The van der Waals surface area contributed by atoms with Crippen LogP contribution in [-0.2, 0) is 13.0 Å². The van der Waals surface area contributed by atoms with Crippen molar-refractivity contribution < 1.29 is 14.0 Å². The second-order valence-electron chi connectivity index (χ2n) is 5.52. The number of amides is 2. The number of rotatable bonds is 3. The van der Waals surface area contributed by atoms with Gasteiger partial charge in [-0.25, -0.2) is 4.39 Å². The van der Waals surface area contributed by atoms with E-state index in [-0.39, 0.29) is 18.3 Å². The number of nitrogens with one attached hydrogen (secondary N) is 1. The third-order valence-electron chi connectivity index (χ3n) is 3.83. The molecule has 3 rings (SSSR count). The first-order chi connectivity index (χ1) is 11.0. The molecular weight excluding hydrogens is 353 g/mol. The highest BCUT2D eigenvalue weighted by molar-refractivity contribution is 7.17. The summed E-state index contributed by atoms with van der Waals surface area (Å²) in [5.74, 6) is -1.34. The van der Waals surface area contributed by atoms with E-state index in [9.17, 15) is 14.0 Å². The van der Waals surface area contributed by atoms with E-state index >= 15 is 0 Å². The minimum atomic E-state index is -0.540. The first-order valence-electron chi connectivity index (χ1n) is 7.15. The molecule has 0 radical (unpaired) electrons. The van der Waals surface area contributed by atoms with E-state index in [2.05, 4.69) is 10.2 Å². The molecule has 0 atom stereocenters. The molecule has 0 saturated heterocycles. The molecule has 0 spiro atoms. The van der Waals surface area contributed by atoms with Crippen molar-refractivity contribution in [3.63, 3.8) is 0 Å². The topological polar surface area (TPSA) is 75.4 Å². The van der Waals surface area contributed by atoms with Gasteiger partial charge < -0.3 is 16.0 Å². The average Bonchev–Trinajstić information content (AvgIpc) is 2.84. The van der Waals surface area contributed by atoms with Crippen molar-refractivity contribution in [2.75, 3.05) is 18.9 Å². The Labute approximate surface area is 149 Å². The number of halogens is 2. The molecule has 2 amide bonds. The van der Waals surface area contributed by atoms with Gasteiger partial charge in [0.25, 0.3) is 11.8 Å². The summed E-state index contributed by atoms with van der Waals surface area (Å²) in [6, 6.07) is 5.24. The van der Waals surface area contributed by atoms with Crippen LogP contribution in [-0.4, -0.2) is 30.3 Å². The smallest absolute Gasteiger partial charge is 0.256 e. The number of likely N-dealkylation sites (N-methyl/N-ethyl adjacent to an activating group) is 1. The van der Waals surface area contributed by atoms with Crippen molar-refractivity contribution in [3.05, 3.63) is 51.7 Å². The molecule has 1 aliphatic heterocycles. The van der Waals surface area contributed by atoms with Crippen molar-refractivity contribution in [3.8, 4) is 0 Å². The molecule has 128 valence electrons. The van der Waals surface area contributed by atoms with Crippen LogP contribution in [0.2, 0.25) is 0 Å². The van der Waals surface area contributed by atoms with Crippen molar-refractivity contribution in [1.29, 1.82) is 0 Å². The van der Waals surface area contributed by atoms with Crippen LogP contribution in [0, 0.1) is 5.82 Å². The molecule has 1 aliphatic rings. The summed E-state index contributed by atoms with van der Waals surface area (Å²) in [5, 5.41) is 3.20. The van der Waals surface area contributed by atoms with Crippen molar-refractivity contribution in [1.82, 2.24) is 4.90 Å². The van der Waals surface area contributed by atoms with Gasteiger partial charge >= 0.3 is 0 Å². The fourth-order valence-corrected chi connectivity index (χ4v) is 3.98. The molecule has 24 heavy (non-hydrogen) atoms. The van der Waals surface area contributed by atoms with Gasteiger partial charge in [0.1, 0.15) is 10.8 Å². The van der Waals surface area contributed by atoms with E-state index in [0.717, 1.165) is 30.0 Å². The number of hydrogen-bond acceptors (Lipinski definition) is 4. The first kappa shape index (κ1) is 18.4. The Hall–Kier alpha value is -1.96. The maximum absolute atomic E-state index is 12.9. The molecule has 0 fully saturated rings. The van der Waals surface area contributed by atoms with Gasteiger partial charge in [-0.2, -0.15) is 0 Å². The van der Waals surface area contributed by atoms with E-state index in [1.165, 1.54) is 35.6 Å². The second kappa shape index (κ2) is 7.29. The van der Waals surface area contributed by atoms with E-state index < -0.39 is 11.7 Å². The van der Waals surface area contributed by atoms with Crippen LogP contribution in [0.3, 0.4) is 0 Å². The van der Waals surface area contributed by atoms with Gasteiger partial charge in [-0.1, -0.05) is 0 Å². The number of carbonyl (C=O) groups is 2. The monoisotopic (exact) mass is 369 g/mol. The van der Waals surface area contributed by atoms with E-state index in [4.69, 9.17) is 5.73 Å². The van der Waals surface area contributed by atoms with Crippen LogP contribution in [0.4, 0.5) is 9.39 Å². The van der Waals surface area contributed by atoms with Gasteiger partial charge in [-0.05, 0) is 43.3 Å². The summed E-state index contributed by atoms with van der Waals surface area (Å²) < 4.78 is 12.9. The highest BCUT2D eigenvalue weighted by atomic mass is 35.5. The van der Waals surface area contributed by atoms with Gasteiger partial charge in [0.05, 0.1) is 5.56 Å². The molecule has 2 heterocycles. The van der Waals surface area contributed by atoms with Gasteiger partial charge in [-0.3, -0.25) is 9.59 Å². The number of benzene rings is 1. The summed E-state index contributed by atoms with van der Waals surface area (Å²) in [6.07, 6.45) is 0.729. The number of carbonyl (C=O) groups excluding carboxylic acids is 2. The molecule has 2 aromatic rings. The minimum Gasteiger partial charge on any atom is -0.365 e. The van der Waals surface area contributed by atoms with E-state index in [0.29, 0.717) is 16.1 Å². The number of hydrogen-bond donors (Lipinski definition) is 2. The number of primary amides is 1. The van der Waals surface area contributed by atoms with Crippen molar-refractivity contribution >= 4 is 40.6 Å². The predicted molar refractivity (Wildman–Crippen MR) is 94.5 cm³/mol. The number of fused-ring (bicyclic) bond motifs is 1. The van der Waals surface area contributed by atoms with Gasteiger partial charge in [0, 0.05) is 23.5 Å². The van der Waals surface area contributed by atoms with Crippen LogP contribution < -0.4 is 11.1 Å². The minimum absolute atomic E-state index is 0. The van der Waals surface area contributed by atoms with Crippen LogP contribution in [0.15, 0.2) is 24.3 Å². The van der Waals surface area contributed by atoms with Gasteiger partial charge in [-0.15, -0.1) is 23.7 Å². The van der Waals surface area contributed by atoms with Gasteiger partial charge in [0.15, 0.2) is 0 Å². The normalized spacial score (nSPS) is 13.8. The highest BCUT2D eigenvalue weighted by Crippen LogP contribution is 2.36. The van der Waals surface area contributed by atoms with E-state index in [1.807, 2.05) is 7.05 Å². The third kappa shape index (κ3) is 3.58. The maximum Gasteiger partial charge on any atom is 0.256 e. The molecular formula is C16H17ClFN3O2S. The fraction of sp³-hybridized carbons (Fsp3) is 0.250. The lowest BCUT2D eigenvalue weighted by atomic mass is 10.0. The zero-order chi connectivity index (χ0) is 16.6. The van der Waals surface area contributed by atoms with Crippen molar-refractivity contribution in [2.45, 2.75) is 13.0 Å². The first-order valence-corrected chi connectivity index (χ1v) is 7.97. The fourth-order valence-electron chi connectivity index (χ4n) is 2.66. The zero-order valence-corrected chi connectivity index (χ0v) is 14.6. The summed E-state index contributed by atoms with van der Waals surface area (Å²) >= 11 is 1.37. The Bertz CT molecular complexity index is 776. The van der Waals surface area contributed by atoms with Crippen LogP contribution in [0.5, 0.6) is 0 Å². The Morgan fingerprint density at radius 1 is 1.29 bits per heavy atom. The molecule has 5 nitrogen and oxygen atoms in total. The Kier molecular flexibility index (Phi) is 5.58. The number of thiophene rings is 1. The lowest BCUT2D eigenvalue weighted by Gasteiger charge is -2.22. The Morgan fingerprint density at radius 2 is 1.96 bits per heavy atom. The highest BCUT2D eigenvalue weighted by Gasteiger charge is 2.26. The summed E-state index contributed by atoms with van der Waals surface area (Å²) in [6.45, 7) is 1.57. The number of nitrogens with two attached hydrogens (primary N) is 1. The summed E-state index contributed by atoms with van der Waals surface area (Å²) in [4.78, 5) is 27.3. The lowest BCUT2D eigenvalue weighted by molar-refractivity contribution is 0.1000. The summed E-state index contributed by atoms with van der Waals surface area (Å²) in [5.41, 5.74) is 7.15. The maximum atomic E-state index is 12.9. The Morgan fingerprint density at radius 3 is 2.58 bits per heavy atom. The second-order valence-corrected chi connectivity index (χ2v) is 6.63. The predicted octanol–water partition coefficient (Wildman–Crippen LogP) is 2.65. The number of anilines is 1. The largest absolute Gasteiger partial charge is 0.365 e. The standard InChI is InChI=1S/C16H16FN3O2S.ClH/c1-20-7-6-11-12(8-20)23-16(13(11)14(18)21)19-15(22)9-2-4-10(17)5-3-9;/h2-5H,6-8H2,1H3,(H2,18,21)(H,19,22);1H. The van der Waals surface area contributed by atoms with Crippen molar-refractivity contribution in [2.24, 2.45) is 5.73 Å². The third-order valence-corrected chi connectivity index (χ3v) is 4.96. The molecule has 8 heteroatoms.